The molecule has 7 heteroatoms. The highest BCUT2D eigenvalue weighted by molar-refractivity contribution is 5.53. The van der Waals surface area contributed by atoms with Crippen LogP contribution in [0.3, 0.4) is 0 Å². The normalized spacial score (nSPS) is 13.1. The largest absolute Gasteiger partial charge is 0.506 e. The smallest absolute Gasteiger partial charge is 0.138 e. The van der Waals surface area contributed by atoms with Gasteiger partial charge in [-0.05, 0) is 48.7 Å². The van der Waals surface area contributed by atoms with E-state index in [9.17, 15) is 15.1 Å². The molecule has 0 spiro atoms. The zero-order valence-corrected chi connectivity index (χ0v) is 14.3. The molecule has 2 atom stereocenters. The van der Waals surface area contributed by atoms with Crippen molar-refractivity contribution in [1.29, 1.82) is 0 Å². The Kier molecular flexibility index (Phi) is 6.19. The van der Waals surface area contributed by atoms with Crippen molar-refractivity contribution in [3.8, 4) is 11.5 Å². The summed E-state index contributed by atoms with van der Waals surface area (Å²) in [4.78, 5) is 11.2. The summed E-state index contributed by atoms with van der Waals surface area (Å²) < 4.78 is 5.12. The van der Waals surface area contributed by atoms with Crippen molar-refractivity contribution in [3.05, 3.63) is 58.5 Å². The number of aliphatic hydroxyl groups is 1. The highest BCUT2D eigenvalue weighted by Gasteiger charge is 2.19. The number of benzene rings is 2. The van der Waals surface area contributed by atoms with Crippen molar-refractivity contribution < 1.29 is 14.9 Å². The van der Waals surface area contributed by atoms with Crippen LogP contribution in [0.15, 0.2) is 47.8 Å². The third-order valence-corrected chi connectivity index (χ3v) is 4.10. The van der Waals surface area contributed by atoms with Gasteiger partial charge in [-0.2, -0.15) is 0 Å². The molecule has 0 aliphatic rings. The average Bonchev–Trinajstić information content (AvgIpc) is 2.62. The number of rotatable bonds is 8. The van der Waals surface area contributed by atoms with Gasteiger partial charge in [0.15, 0.2) is 0 Å². The number of nitroso groups, excluding NO2 is 1. The Morgan fingerprint density at radius 1 is 1.24 bits per heavy atom. The number of phenols is 1. The number of anilines is 1. The van der Waals surface area contributed by atoms with Gasteiger partial charge in [-0.15, -0.1) is 4.91 Å². The van der Waals surface area contributed by atoms with Crippen LogP contribution in [0.4, 0.5) is 5.69 Å². The molecule has 0 amide bonds. The quantitative estimate of drug-likeness (QED) is 0.294. The lowest BCUT2D eigenvalue weighted by Gasteiger charge is -2.25. The van der Waals surface area contributed by atoms with Gasteiger partial charge in [0.2, 0.25) is 0 Å². The molecule has 2 aromatic carbocycles. The van der Waals surface area contributed by atoms with Crippen LogP contribution in [-0.4, -0.2) is 34.9 Å². The molecule has 0 aliphatic heterocycles. The summed E-state index contributed by atoms with van der Waals surface area (Å²) in [6, 6.07) is 11.8. The summed E-state index contributed by atoms with van der Waals surface area (Å²) in [6.07, 6.45) is -0.348. The molecule has 25 heavy (non-hydrogen) atoms. The second-order valence-corrected chi connectivity index (χ2v) is 5.94. The first-order valence-electron chi connectivity index (χ1n) is 7.94. The van der Waals surface area contributed by atoms with Crippen molar-refractivity contribution in [1.82, 2.24) is 5.01 Å². The van der Waals surface area contributed by atoms with Gasteiger partial charge in [0.05, 0.1) is 36.8 Å². The van der Waals surface area contributed by atoms with Gasteiger partial charge >= 0.3 is 0 Å². The number of methoxy groups -OCH3 is 1. The molecule has 2 aromatic rings. The Hall–Kier alpha value is -2.80. The fourth-order valence-electron chi connectivity index (χ4n) is 2.56. The standard InChI is InChI=1S/C18H23N3O4/c1-12(9-13-3-6-15(25-2)7-4-13)21(20-24)11-18(23)14-5-8-17(22)16(19)10-14/h3-8,10,12,18,22-23H,9,11,19H2,1-2H3. The Morgan fingerprint density at radius 2 is 1.92 bits per heavy atom. The maximum absolute atomic E-state index is 11.2. The number of hydrogen-bond acceptors (Lipinski definition) is 6. The maximum atomic E-state index is 11.2. The van der Waals surface area contributed by atoms with Crippen LogP contribution in [0, 0.1) is 4.91 Å². The van der Waals surface area contributed by atoms with Crippen molar-refractivity contribution in [2.45, 2.75) is 25.5 Å². The van der Waals surface area contributed by atoms with Gasteiger partial charge in [0.1, 0.15) is 11.5 Å². The molecule has 0 bridgehead atoms. The Morgan fingerprint density at radius 3 is 2.48 bits per heavy atom. The number of aromatic hydroxyl groups is 1. The van der Waals surface area contributed by atoms with E-state index in [1.807, 2.05) is 31.2 Å². The van der Waals surface area contributed by atoms with Crippen molar-refractivity contribution in [2.75, 3.05) is 19.4 Å². The summed E-state index contributed by atoms with van der Waals surface area (Å²) in [7, 11) is 1.60. The van der Waals surface area contributed by atoms with E-state index in [1.54, 1.807) is 13.2 Å². The van der Waals surface area contributed by atoms with E-state index in [0.717, 1.165) is 11.3 Å². The third-order valence-electron chi connectivity index (χ3n) is 4.10. The van der Waals surface area contributed by atoms with E-state index in [0.29, 0.717) is 12.0 Å². The Balaban J connectivity index is 2.01. The van der Waals surface area contributed by atoms with Crippen LogP contribution in [0.5, 0.6) is 11.5 Å². The Bertz CT molecular complexity index is 706. The number of nitrogens with two attached hydrogens (primary N) is 1. The molecule has 2 rings (SSSR count). The molecule has 0 saturated heterocycles. The van der Waals surface area contributed by atoms with E-state index >= 15 is 0 Å². The van der Waals surface area contributed by atoms with E-state index in [1.165, 1.54) is 17.1 Å². The summed E-state index contributed by atoms with van der Waals surface area (Å²) in [5, 5.41) is 24.1. The number of aliphatic hydroxyl groups excluding tert-OH is 1. The maximum Gasteiger partial charge on any atom is 0.138 e. The van der Waals surface area contributed by atoms with Gasteiger partial charge in [-0.1, -0.05) is 18.2 Å². The van der Waals surface area contributed by atoms with E-state index in [-0.39, 0.29) is 24.0 Å². The first kappa shape index (κ1) is 18.5. The predicted octanol–water partition coefficient (Wildman–Crippen LogP) is 2.63. The van der Waals surface area contributed by atoms with Crippen molar-refractivity contribution in [2.24, 2.45) is 5.29 Å². The third kappa shape index (κ3) is 4.84. The predicted molar refractivity (Wildman–Crippen MR) is 96.1 cm³/mol. The molecule has 0 aromatic heterocycles. The van der Waals surface area contributed by atoms with Crippen molar-refractivity contribution in [3.63, 3.8) is 0 Å². The van der Waals surface area contributed by atoms with Crippen LogP contribution in [0.25, 0.3) is 0 Å². The van der Waals surface area contributed by atoms with E-state index in [2.05, 4.69) is 5.29 Å². The molecule has 4 N–H and O–H groups in total. The summed E-state index contributed by atoms with van der Waals surface area (Å²) >= 11 is 0. The van der Waals surface area contributed by atoms with Gasteiger partial charge in [0.25, 0.3) is 0 Å². The average molecular weight is 345 g/mol. The first-order chi connectivity index (χ1) is 11.9. The number of phenolic OH excluding ortho intramolecular Hbond substituents is 1. The van der Waals surface area contributed by atoms with Crippen molar-refractivity contribution >= 4 is 5.69 Å². The summed E-state index contributed by atoms with van der Waals surface area (Å²) in [5.74, 6) is 0.719. The lowest BCUT2D eigenvalue weighted by Crippen LogP contribution is -2.33. The molecule has 0 saturated carbocycles. The van der Waals surface area contributed by atoms with Crippen LogP contribution in [-0.2, 0) is 6.42 Å². The molecule has 2 unspecified atom stereocenters. The highest BCUT2D eigenvalue weighted by Crippen LogP contribution is 2.25. The topological polar surface area (TPSA) is 108 Å². The summed E-state index contributed by atoms with van der Waals surface area (Å²) in [5.41, 5.74) is 7.36. The molecule has 0 radical (unpaired) electrons. The number of nitrogens with zero attached hydrogens (tertiary/aromatic N) is 2. The molecule has 0 heterocycles. The molecule has 0 aliphatic carbocycles. The van der Waals surface area contributed by atoms with Gasteiger partial charge < -0.3 is 20.7 Å². The molecular formula is C18H23N3O4. The fraction of sp³-hybridized carbons (Fsp3) is 0.333. The van der Waals surface area contributed by atoms with Gasteiger partial charge in [-0.3, -0.25) is 5.01 Å². The fourth-order valence-corrected chi connectivity index (χ4v) is 2.56. The minimum Gasteiger partial charge on any atom is -0.506 e. The number of nitrogen functional groups attached to an aromatic ring is 1. The van der Waals surface area contributed by atoms with Crippen LogP contribution >= 0.6 is 0 Å². The number of ether oxygens (including phenoxy) is 1. The first-order valence-corrected chi connectivity index (χ1v) is 7.94. The van der Waals surface area contributed by atoms with Crippen LogP contribution in [0.2, 0.25) is 0 Å². The lowest BCUT2D eigenvalue weighted by atomic mass is 10.0. The second kappa shape index (κ2) is 8.34. The molecule has 134 valence electrons. The zero-order valence-electron chi connectivity index (χ0n) is 14.3. The number of hydrogen-bond donors (Lipinski definition) is 3. The van der Waals surface area contributed by atoms with Crippen LogP contribution in [0.1, 0.15) is 24.2 Å². The van der Waals surface area contributed by atoms with E-state index in [4.69, 9.17) is 10.5 Å². The lowest BCUT2D eigenvalue weighted by molar-refractivity contribution is 0.0919. The van der Waals surface area contributed by atoms with Crippen LogP contribution < -0.4 is 10.5 Å². The SMILES string of the molecule is COc1ccc(CC(C)N(CC(O)c2ccc(O)c(N)c2)N=O)cc1. The molecule has 0 fully saturated rings. The Labute approximate surface area is 146 Å². The monoisotopic (exact) mass is 345 g/mol. The molecular weight excluding hydrogens is 322 g/mol. The second-order valence-electron chi connectivity index (χ2n) is 5.94. The zero-order chi connectivity index (χ0) is 18.4. The van der Waals surface area contributed by atoms with Gasteiger partial charge in [-0.25, -0.2) is 0 Å². The highest BCUT2D eigenvalue weighted by atomic mass is 16.5. The minimum absolute atomic E-state index is 0.0328. The van der Waals surface area contributed by atoms with E-state index < -0.39 is 6.10 Å². The van der Waals surface area contributed by atoms with Gasteiger partial charge in [0, 0.05) is 0 Å². The summed E-state index contributed by atoms with van der Waals surface area (Å²) in [6.45, 7) is 1.90. The molecule has 7 nitrogen and oxygen atoms in total. The minimum atomic E-state index is -0.945.